The number of imidazole rings is 1. The van der Waals surface area contributed by atoms with Gasteiger partial charge in [0.1, 0.15) is 0 Å². The molecule has 3 rings (SSSR count). The smallest absolute Gasteiger partial charge is 0.0925 e. The lowest BCUT2D eigenvalue weighted by Gasteiger charge is -2.07. The molecule has 1 aromatic heterocycles. The first-order valence-electron chi connectivity index (χ1n) is 6.71. The summed E-state index contributed by atoms with van der Waals surface area (Å²) >= 11 is 0. The predicted octanol–water partition coefficient (Wildman–Crippen LogP) is 4.00. The number of anilines is 1. The molecule has 0 radical (unpaired) electrons. The summed E-state index contributed by atoms with van der Waals surface area (Å²) in [5.41, 5.74) is 5.73. The second-order valence-corrected chi connectivity index (χ2v) is 4.77. The molecule has 0 saturated carbocycles. The van der Waals surface area contributed by atoms with Crippen molar-refractivity contribution < 1.29 is 0 Å². The summed E-state index contributed by atoms with van der Waals surface area (Å²) in [5.74, 6) is 0. The average molecular weight is 263 g/mol. The molecule has 0 atom stereocenters. The zero-order chi connectivity index (χ0) is 13.8. The largest absolute Gasteiger partial charge is 0.379 e. The second kappa shape index (κ2) is 5.61. The number of nitrogens with one attached hydrogen (secondary N) is 2. The van der Waals surface area contributed by atoms with Crippen molar-refractivity contribution in [3.63, 3.8) is 0 Å². The van der Waals surface area contributed by atoms with E-state index >= 15 is 0 Å². The minimum atomic E-state index is 0.736. The third kappa shape index (κ3) is 2.72. The van der Waals surface area contributed by atoms with Gasteiger partial charge in [-0.15, -0.1) is 0 Å². The summed E-state index contributed by atoms with van der Waals surface area (Å²) in [6.45, 7) is 2.77. The Labute approximate surface area is 118 Å². The highest BCUT2D eigenvalue weighted by Crippen LogP contribution is 2.21. The highest BCUT2D eigenvalue weighted by molar-refractivity contribution is 5.65. The lowest BCUT2D eigenvalue weighted by Crippen LogP contribution is -2.01. The standard InChI is InChI=1S/C17H17N3/c1-13-17(20-12-19-13)11-18-16-9-7-15(8-10-16)14-5-3-2-4-6-14/h2-10,12,18H,11H2,1H3,(H,19,20). The van der Waals surface area contributed by atoms with Crippen LogP contribution in [0.4, 0.5) is 5.69 Å². The van der Waals surface area contributed by atoms with Gasteiger partial charge in [0, 0.05) is 11.4 Å². The number of hydrogen-bond donors (Lipinski definition) is 2. The maximum absolute atomic E-state index is 4.28. The Morgan fingerprint density at radius 2 is 1.65 bits per heavy atom. The molecule has 2 N–H and O–H groups in total. The molecule has 0 bridgehead atoms. The lowest BCUT2D eigenvalue weighted by molar-refractivity contribution is 1.05. The van der Waals surface area contributed by atoms with Crippen molar-refractivity contribution in [2.45, 2.75) is 13.5 Å². The van der Waals surface area contributed by atoms with E-state index in [1.807, 2.05) is 13.0 Å². The fourth-order valence-electron chi connectivity index (χ4n) is 2.16. The van der Waals surface area contributed by atoms with Crippen LogP contribution in [0.2, 0.25) is 0 Å². The van der Waals surface area contributed by atoms with Gasteiger partial charge in [-0.3, -0.25) is 0 Å². The molecule has 0 aliphatic heterocycles. The van der Waals surface area contributed by atoms with Gasteiger partial charge in [-0.25, -0.2) is 4.98 Å². The third-order valence-corrected chi connectivity index (χ3v) is 3.39. The van der Waals surface area contributed by atoms with E-state index in [1.165, 1.54) is 11.1 Å². The SMILES string of the molecule is Cc1[nH]cnc1CNc1ccc(-c2ccccc2)cc1. The molecule has 0 saturated heterocycles. The van der Waals surface area contributed by atoms with E-state index in [4.69, 9.17) is 0 Å². The first-order chi connectivity index (χ1) is 9.83. The normalized spacial score (nSPS) is 10.4. The molecule has 0 fully saturated rings. The molecule has 2 aromatic carbocycles. The van der Waals surface area contributed by atoms with Crippen LogP contribution in [0, 0.1) is 6.92 Å². The summed E-state index contributed by atoms with van der Waals surface area (Å²) in [6, 6.07) is 18.9. The highest BCUT2D eigenvalue weighted by atomic mass is 14.9. The van der Waals surface area contributed by atoms with E-state index in [9.17, 15) is 0 Å². The molecule has 100 valence electrons. The van der Waals surface area contributed by atoms with Gasteiger partial charge in [-0.1, -0.05) is 42.5 Å². The number of H-pyrrole nitrogens is 1. The van der Waals surface area contributed by atoms with Crippen molar-refractivity contribution in [2.75, 3.05) is 5.32 Å². The highest BCUT2D eigenvalue weighted by Gasteiger charge is 2.01. The van der Waals surface area contributed by atoms with Gasteiger partial charge in [-0.2, -0.15) is 0 Å². The molecule has 3 aromatic rings. The molecular formula is C17H17N3. The fraction of sp³-hybridized carbons (Fsp3) is 0.118. The van der Waals surface area contributed by atoms with E-state index < -0.39 is 0 Å². The predicted molar refractivity (Wildman–Crippen MR) is 82.5 cm³/mol. The zero-order valence-electron chi connectivity index (χ0n) is 11.4. The van der Waals surface area contributed by atoms with Crippen molar-refractivity contribution in [1.29, 1.82) is 0 Å². The van der Waals surface area contributed by atoms with E-state index in [1.54, 1.807) is 6.33 Å². The summed E-state index contributed by atoms with van der Waals surface area (Å²) in [6.07, 6.45) is 1.73. The number of aryl methyl sites for hydroxylation is 1. The van der Waals surface area contributed by atoms with E-state index in [-0.39, 0.29) is 0 Å². The van der Waals surface area contributed by atoms with Gasteiger partial charge in [0.2, 0.25) is 0 Å². The number of rotatable bonds is 4. The minimum Gasteiger partial charge on any atom is -0.379 e. The Morgan fingerprint density at radius 1 is 0.950 bits per heavy atom. The van der Waals surface area contributed by atoms with Crippen LogP contribution in [-0.2, 0) is 6.54 Å². The lowest BCUT2D eigenvalue weighted by atomic mass is 10.1. The van der Waals surface area contributed by atoms with Gasteiger partial charge in [0.25, 0.3) is 0 Å². The van der Waals surface area contributed by atoms with Gasteiger partial charge >= 0.3 is 0 Å². The Bertz CT molecular complexity index is 669. The molecule has 1 heterocycles. The number of benzene rings is 2. The average Bonchev–Trinajstić information content (AvgIpc) is 2.92. The summed E-state index contributed by atoms with van der Waals surface area (Å²) < 4.78 is 0. The summed E-state index contributed by atoms with van der Waals surface area (Å²) in [5, 5.41) is 3.38. The van der Waals surface area contributed by atoms with Crippen LogP contribution in [0.3, 0.4) is 0 Å². The van der Waals surface area contributed by atoms with Crippen molar-refractivity contribution in [1.82, 2.24) is 9.97 Å². The zero-order valence-corrected chi connectivity index (χ0v) is 11.4. The van der Waals surface area contributed by atoms with Gasteiger partial charge in [0.15, 0.2) is 0 Å². The van der Waals surface area contributed by atoms with Gasteiger partial charge in [-0.05, 0) is 30.2 Å². The van der Waals surface area contributed by atoms with Gasteiger partial charge in [0.05, 0.1) is 18.6 Å². The summed E-state index contributed by atoms with van der Waals surface area (Å²) in [4.78, 5) is 7.36. The maximum Gasteiger partial charge on any atom is 0.0925 e. The van der Waals surface area contributed by atoms with E-state index in [2.05, 4.69) is 63.8 Å². The summed E-state index contributed by atoms with van der Waals surface area (Å²) in [7, 11) is 0. The quantitative estimate of drug-likeness (QED) is 0.747. The topological polar surface area (TPSA) is 40.7 Å². The third-order valence-electron chi connectivity index (χ3n) is 3.39. The molecule has 0 aliphatic carbocycles. The molecule has 20 heavy (non-hydrogen) atoms. The van der Waals surface area contributed by atoms with Crippen molar-refractivity contribution >= 4 is 5.69 Å². The number of aromatic amines is 1. The molecule has 0 amide bonds. The first kappa shape index (κ1) is 12.5. The molecule has 3 heteroatoms. The van der Waals surface area contributed by atoms with E-state index in [0.717, 1.165) is 23.6 Å². The van der Waals surface area contributed by atoms with Crippen LogP contribution in [-0.4, -0.2) is 9.97 Å². The molecule has 0 spiro atoms. The first-order valence-corrected chi connectivity index (χ1v) is 6.71. The maximum atomic E-state index is 4.28. The molecule has 0 aliphatic rings. The fourth-order valence-corrected chi connectivity index (χ4v) is 2.16. The van der Waals surface area contributed by atoms with Crippen molar-refractivity contribution in [3.8, 4) is 11.1 Å². The molecule has 0 unspecified atom stereocenters. The Balaban J connectivity index is 1.69. The van der Waals surface area contributed by atoms with E-state index in [0.29, 0.717) is 0 Å². The Hall–Kier alpha value is -2.55. The number of nitrogens with zero attached hydrogens (tertiary/aromatic N) is 1. The Kier molecular flexibility index (Phi) is 3.50. The molecule has 3 nitrogen and oxygen atoms in total. The van der Waals surface area contributed by atoms with Crippen molar-refractivity contribution in [2.24, 2.45) is 0 Å². The van der Waals surface area contributed by atoms with Crippen LogP contribution in [0.15, 0.2) is 60.9 Å². The monoisotopic (exact) mass is 263 g/mol. The number of aromatic nitrogens is 2. The minimum absolute atomic E-state index is 0.736. The van der Waals surface area contributed by atoms with Crippen LogP contribution < -0.4 is 5.32 Å². The molecular weight excluding hydrogens is 246 g/mol. The Morgan fingerprint density at radius 3 is 2.30 bits per heavy atom. The van der Waals surface area contributed by atoms with Crippen LogP contribution >= 0.6 is 0 Å². The second-order valence-electron chi connectivity index (χ2n) is 4.77. The number of hydrogen-bond acceptors (Lipinski definition) is 2. The van der Waals surface area contributed by atoms with Crippen molar-refractivity contribution in [3.05, 3.63) is 72.3 Å². The van der Waals surface area contributed by atoms with Crippen LogP contribution in [0.5, 0.6) is 0 Å². The van der Waals surface area contributed by atoms with Crippen LogP contribution in [0.1, 0.15) is 11.4 Å². The van der Waals surface area contributed by atoms with Crippen LogP contribution in [0.25, 0.3) is 11.1 Å². The van der Waals surface area contributed by atoms with Gasteiger partial charge < -0.3 is 10.3 Å².